The third-order valence-corrected chi connectivity index (χ3v) is 9.83. The molecular formula is C29H47N5O3. The molecule has 1 aromatic heterocycles. The minimum Gasteiger partial charge on any atom is -0.477 e. The molecule has 206 valence electrons. The number of hydrogen-bond acceptors (Lipinski definition) is 6. The summed E-state index contributed by atoms with van der Waals surface area (Å²) in [5, 5.41) is 12.0. The maximum absolute atomic E-state index is 11.5. The van der Waals surface area contributed by atoms with Gasteiger partial charge in [-0.2, -0.15) is 5.10 Å². The summed E-state index contributed by atoms with van der Waals surface area (Å²) in [6.07, 6.45) is 12.5. The van der Waals surface area contributed by atoms with Gasteiger partial charge in [0.1, 0.15) is 6.10 Å². The predicted octanol–water partition coefficient (Wildman–Crippen LogP) is 4.72. The fourth-order valence-corrected chi connectivity index (χ4v) is 7.87. The minimum absolute atomic E-state index is 0.0185. The van der Waals surface area contributed by atoms with Crippen molar-refractivity contribution in [2.24, 2.45) is 40.7 Å². The van der Waals surface area contributed by atoms with E-state index in [1.807, 2.05) is 24.1 Å². The summed E-state index contributed by atoms with van der Waals surface area (Å²) in [6.45, 7) is 11.5. The van der Waals surface area contributed by atoms with E-state index < -0.39 is 6.09 Å². The number of ether oxygens (including phenoxy) is 2. The van der Waals surface area contributed by atoms with Gasteiger partial charge in [0, 0.05) is 23.8 Å². The van der Waals surface area contributed by atoms with Crippen molar-refractivity contribution in [3.05, 3.63) is 17.8 Å². The van der Waals surface area contributed by atoms with Gasteiger partial charge < -0.3 is 25.8 Å². The molecule has 1 aromatic rings. The minimum atomic E-state index is -0.622. The second-order valence-corrected chi connectivity index (χ2v) is 13.3. The van der Waals surface area contributed by atoms with Crippen LogP contribution in [0.15, 0.2) is 12.3 Å². The van der Waals surface area contributed by atoms with E-state index in [0.717, 1.165) is 36.1 Å². The van der Waals surface area contributed by atoms with Crippen molar-refractivity contribution in [2.75, 3.05) is 13.7 Å². The topological polar surface area (TPSA) is 103 Å². The van der Waals surface area contributed by atoms with Crippen molar-refractivity contribution in [1.29, 1.82) is 0 Å². The van der Waals surface area contributed by atoms with Crippen molar-refractivity contribution in [3.63, 3.8) is 0 Å². The molecule has 4 fully saturated rings. The van der Waals surface area contributed by atoms with Crippen LogP contribution < -0.4 is 21.1 Å². The number of nitrogens with one attached hydrogen (secondary N) is 2. The largest absolute Gasteiger partial charge is 0.477 e. The highest BCUT2D eigenvalue weighted by Gasteiger charge is 2.70. The number of primary amides is 1. The smallest absolute Gasteiger partial charge is 0.404 e. The monoisotopic (exact) mass is 513 g/mol. The van der Waals surface area contributed by atoms with Crippen molar-refractivity contribution in [2.45, 2.75) is 96.9 Å². The summed E-state index contributed by atoms with van der Waals surface area (Å²) < 4.78 is 13.8. The molecule has 4 aliphatic carbocycles. The van der Waals surface area contributed by atoms with Crippen LogP contribution in [0.3, 0.4) is 0 Å². The molecule has 0 aliphatic heterocycles. The van der Waals surface area contributed by atoms with E-state index in [-0.39, 0.29) is 17.7 Å². The summed E-state index contributed by atoms with van der Waals surface area (Å²) in [5.41, 5.74) is 6.72. The van der Waals surface area contributed by atoms with E-state index in [1.165, 1.54) is 25.7 Å². The number of nitrogens with zero attached hydrogens (tertiary/aromatic N) is 2. The Bertz CT molecular complexity index is 1020. The number of nitrogens with two attached hydrogens (primary N) is 1. The van der Waals surface area contributed by atoms with Crippen LogP contribution in [0.2, 0.25) is 0 Å². The first-order valence-corrected chi connectivity index (χ1v) is 14.3. The summed E-state index contributed by atoms with van der Waals surface area (Å²) in [7, 11) is 1.96. The highest BCUT2D eigenvalue weighted by molar-refractivity contribution is 5.64. The van der Waals surface area contributed by atoms with Gasteiger partial charge in [-0.15, -0.1) is 0 Å². The molecule has 0 radical (unpaired) electrons. The summed E-state index contributed by atoms with van der Waals surface area (Å²) in [4.78, 5) is 11.5. The third kappa shape index (κ3) is 5.16. The zero-order valence-electron chi connectivity index (χ0n) is 23.5. The molecule has 4 saturated carbocycles. The highest BCUT2D eigenvalue weighted by Crippen LogP contribution is 2.73. The van der Waals surface area contributed by atoms with Crippen molar-refractivity contribution in [3.8, 4) is 5.88 Å². The number of aromatic nitrogens is 2. The van der Waals surface area contributed by atoms with E-state index in [4.69, 9.17) is 15.2 Å². The Morgan fingerprint density at radius 2 is 2.05 bits per heavy atom. The van der Waals surface area contributed by atoms with Crippen LogP contribution in [0.1, 0.15) is 84.7 Å². The SMILES string of the molecule is CNC(C)(C)/C=C/n1ncc(C(C)NC2CC23C2CC4CC(C2)C3C[C@@H](OC(N)=O)C4)c1OCC(C)C. The van der Waals surface area contributed by atoms with Crippen LogP contribution in [0.4, 0.5) is 4.79 Å². The lowest BCUT2D eigenvalue weighted by molar-refractivity contribution is 0.0556. The van der Waals surface area contributed by atoms with Crippen molar-refractivity contribution >= 4 is 12.3 Å². The number of likely N-dealkylation sites (N-methyl/N-ethyl adjacent to an activating group) is 1. The van der Waals surface area contributed by atoms with E-state index in [9.17, 15) is 4.79 Å². The van der Waals surface area contributed by atoms with Crippen LogP contribution in [0.5, 0.6) is 5.88 Å². The fraction of sp³-hybridized carbons (Fsp3) is 0.793. The van der Waals surface area contributed by atoms with E-state index >= 15 is 0 Å². The number of hydrogen-bond donors (Lipinski definition) is 3. The zero-order chi connectivity index (χ0) is 26.5. The number of carbonyl (C=O) groups is 1. The van der Waals surface area contributed by atoms with Gasteiger partial charge in [-0.05, 0) is 107 Å². The van der Waals surface area contributed by atoms with E-state index in [0.29, 0.717) is 35.8 Å². The Kier molecular flexibility index (Phi) is 7.11. The van der Waals surface area contributed by atoms with E-state index in [1.54, 1.807) is 0 Å². The molecule has 5 rings (SSSR count). The maximum Gasteiger partial charge on any atom is 0.404 e. The molecule has 8 atom stereocenters. The lowest BCUT2D eigenvalue weighted by atomic mass is 9.75. The molecule has 8 nitrogen and oxygen atoms in total. The Morgan fingerprint density at radius 1 is 1.27 bits per heavy atom. The highest BCUT2D eigenvalue weighted by atomic mass is 16.6. The normalized spacial score (nSPS) is 35.3. The predicted molar refractivity (Wildman–Crippen MR) is 145 cm³/mol. The zero-order valence-corrected chi connectivity index (χ0v) is 23.5. The second kappa shape index (κ2) is 9.92. The first-order valence-electron chi connectivity index (χ1n) is 14.3. The van der Waals surface area contributed by atoms with Crippen LogP contribution in [-0.4, -0.2) is 47.2 Å². The quantitative estimate of drug-likeness (QED) is 0.418. The summed E-state index contributed by atoms with van der Waals surface area (Å²) in [5.74, 6) is 4.08. The van der Waals surface area contributed by atoms with Gasteiger partial charge in [0.25, 0.3) is 0 Å². The molecule has 1 heterocycles. The number of fused-ring (bicyclic) bond motifs is 4. The van der Waals surface area contributed by atoms with Crippen molar-refractivity contribution < 1.29 is 14.3 Å². The standard InChI is InChI=1S/C29H47N5O3/c1-17(2)16-36-26-23(15-32-34(26)8-7-28(4,5)31-6)18(3)33-25-14-29(25)21-10-19-9-20(12-21)24(29)13-22(11-19)37-27(30)35/h7-8,15,17-22,24-25,31,33H,9-14,16H2,1-6H3,(H2,30,35)/b8-7+/t18?,19?,20?,21?,22-,24?,25?,29?/m0/s1. The van der Waals surface area contributed by atoms with Crippen LogP contribution in [0.25, 0.3) is 6.20 Å². The summed E-state index contributed by atoms with van der Waals surface area (Å²) in [6, 6.07) is 0.608. The molecule has 7 unspecified atom stereocenters. The number of amides is 1. The van der Waals surface area contributed by atoms with Gasteiger partial charge >= 0.3 is 6.09 Å². The first-order chi connectivity index (χ1) is 17.5. The fourth-order valence-electron chi connectivity index (χ4n) is 7.87. The molecule has 4 aliphatic rings. The van der Waals surface area contributed by atoms with Crippen LogP contribution >= 0.6 is 0 Å². The average molecular weight is 514 g/mol. The maximum atomic E-state index is 11.5. The molecular weight excluding hydrogens is 466 g/mol. The van der Waals surface area contributed by atoms with Gasteiger partial charge in [0.05, 0.1) is 18.4 Å². The van der Waals surface area contributed by atoms with Crippen LogP contribution in [0, 0.1) is 35.0 Å². The van der Waals surface area contributed by atoms with Crippen LogP contribution in [-0.2, 0) is 4.74 Å². The van der Waals surface area contributed by atoms with Gasteiger partial charge in [-0.1, -0.05) is 13.8 Å². The molecule has 3 bridgehead atoms. The van der Waals surface area contributed by atoms with Gasteiger partial charge in [-0.25, -0.2) is 9.48 Å². The van der Waals surface area contributed by atoms with Gasteiger partial charge in [0.2, 0.25) is 5.88 Å². The molecule has 4 N–H and O–H groups in total. The molecule has 8 heteroatoms. The van der Waals surface area contributed by atoms with E-state index in [2.05, 4.69) is 56.4 Å². The Morgan fingerprint density at radius 3 is 2.76 bits per heavy atom. The molecule has 37 heavy (non-hydrogen) atoms. The molecule has 1 amide bonds. The van der Waals surface area contributed by atoms with Gasteiger partial charge in [0.15, 0.2) is 0 Å². The van der Waals surface area contributed by atoms with Crippen molar-refractivity contribution in [1.82, 2.24) is 20.4 Å². The second-order valence-electron chi connectivity index (χ2n) is 13.3. The lowest BCUT2D eigenvalue weighted by Crippen LogP contribution is -2.35. The first kappa shape index (κ1) is 26.5. The van der Waals surface area contributed by atoms with Gasteiger partial charge in [-0.3, -0.25) is 0 Å². The molecule has 0 aromatic carbocycles. The number of carbonyl (C=O) groups excluding carboxylic acids is 1. The Hall–Kier alpha value is -2.06. The number of rotatable bonds is 10. The molecule has 0 saturated heterocycles. The average Bonchev–Trinajstić information content (AvgIpc) is 3.35. The Balaban J connectivity index is 1.33. The third-order valence-electron chi connectivity index (χ3n) is 9.83. The molecule has 1 spiro atoms. The Labute approximate surface area is 222 Å². The lowest BCUT2D eigenvalue weighted by Gasteiger charge is -2.33. The summed E-state index contributed by atoms with van der Waals surface area (Å²) >= 11 is 0.